The number of halogens is 1. The third kappa shape index (κ3) is 3.00. The molecule has 0 radical (unpaired) electrons. The van der Waals surface area contributed by atoms with Gasteiger partial charge >= 0.3 is 0 Å². The number of hydrogen-bond acceptors (Lipinski definition) is 5. The van der Waals surface area contributed by atoms with Gasteiger partial charge in [0.2, 0.25) is 5.88 Å². The average Bonchev–Trinajstić information content (AvgIpc) is 2.51. The summed E-state index contributed by atoms with van der Waals surface area (Å²) < 4.78 is 11.0. The maximum absolute atomic E-state index is 6.12. The number of para-hydroxylation sites is 1. The van der Waals surface area contributed by atoms with Gasteiger partial charge in [0.25, 0.3) is 0 Å². The van der Waals surface area contributed by atoms with Crippen molar-refractivity contribution in [1.29, 1.82) is 0 Å². The Labute approximate surface area is 122 Å². The molecule has 3 rings (SSSR count). The minimum atomic E-state index is 0.382. The largest absolute Gasteiger partial charge is 0.437 e. The van der Waals surface area contributed by atoms with Gasteiger partial charge < -0.3 is 14.4 Å². The Bertz CT molecular complexity index is 574. The first kappa shape index (κ1) is 13.1. The van der Waals surface area contributed by atoms with E-state index < -0.39 is 0 Å². The molecule has 1 aromatic heterocycles. The fourth-order valence-electron chi connectivity index (χ4n) is 1.98. The van der Waals surface area contributed by atoms with Crippen LogP contribution in [0.2, 0.25) is 5.15 Å². The number of anilines is 1. The van der Waals surface area contributed by atoms with E-state index in [1.807, 2.05) is 30.3 Å². The van der Waals surface area contributed by atoms with Gasteiger partial charge in [-0.2, -0.15) is 4.98 Å². The first-order valence-electron chi connectivity index (χ1n) is 6.41. The van der Waals surface area contributed by atoms with E-state index in [1.165, 1.54) is 6.20 Å². The molecule has 1 fully saturated rings. The number of rotatable bonds is 3. The lowest BCUT2D eigenvalue weighted by atomic mass is 10.3. The predicted molar refractivity (Wildman–Crippen MR) is 76.6 cm³/mol. The third-order valence-corrected chi connectivity index (χ3v) is 3.23. The van der Waals surface area contributed by atoms with E-state index in [4.69, 9.17) is 21.1 Å². The lowest BCUT2D eigenvalue weighted by molar-refractivity contribution is 0.122. The zero-order chi connectivity index (χ0) is 13.8. The molecule has 0 bridgehead atoms. The number of benzene rings is 1. The Morgan fingerprint density at radius 2 is 1.90 bits per heavy atom. The van der Waals surface area contributed by atoms with Gasteiger partial charge in [0.05, 0.1) is 19.4 Å². The Kier molecular flexibility index (Phi) is 3.99. The molecule has 0 saturated carbocycles. The van der Waals surface area contributed by atoms with Crippen LogP contribution in [-0.2, 0) is 4.74 Å². The standard InChI is InChI=1S/C14H14ClN3O2/c15-13-14(18-6-8-19-9-7-18)17-12(10-16-13)20-11-4-2-1-3-5-11/h1-5,10H,6-9H2. The molecule has 20 heavy (non-hydrogen) atoms. The number of morpholine rings is 1. The molecule has 5 nitrogen and oxygen atoms in total. The van der Waals surface area contributed by atoms with Crippen LogP contribution in [-0.4, -0.2) is 36.3 Å². The summed E-state index contributed by atoms with van der Waals surface area (Å²) in [4.78, 5) is 10.6. The Morgan fingerprint density at radius 3 is 2.65 bits per heavy atom. The van der Waals surface area contributed by atoms with Crippen molar-refractivity contribution >= 4 is 17.4 Å². The van der Waals surface area contributed by atoms with Gasteiger partial charge in [-0.3, -0.25) is 0 Å². The molecule has 0 unspecified atom stereocenters. The van der Waals surface area contributed by atoms with Crippen LogP contribution in [0.15, 0.2) is 36.5 Å². The van der Waals surface area contributed by atoms with E-state index in [9.17, 15) is 0 Å². The molecule has 0 aliphatic carbocycles. The Hall–Kier alpha value is -1.85. The van der Waals surface area contributed by atoms with Gasteiger partial charge in [-0.15, -0.1) is 0 Å². The summed E-state index contributed by atoms with van der Waals surface area (Å²) >= 11 is 6.12. The fourth-order valence-corrected chi connectivity index (χ4v) is 2.19. The summed E-state index contributed by atoms with van der Waals surface area (Å²) in [6.45, 7) is 2.84. The number of nitrogens with zero attached hydrogens (tertiary/aromatic N) is 3. The third-order valence-electron chi connectivity index (χ3n) is 2.97. The van der Waals surface area contributed by atoms with Gasteiger partial charge in [-0.1, -0.05) is 29.8 Å². The molecule has 0 spiro atoms. The molecule has 0 amide bonds. The lowest BCUT2D eigenvalue weighted by Gasteiger charge is -2.28. The van der Waals surface area contributed by atoms with E-state index in [1.54, 1.807) is 0 Å². The van der Waals surface area contributed by atoms with Crippen LogP contribution in [0.5, 0.6) is 11.6 Å². The van der Waals surface area contributed by atoms with Crippen molar-refractivity contribution < 1.29 is 9.47 Å². The molecular formula is C14H14ClN3O2. The first-order chi connectivity index (χ1) is 9.83. The minimum absolute atomic E-state index is 0.382. The SMILES string of the molecule is Clc1ncc(Oc2ccccc2)nc1N1CCOCC1. The maximum atomic E-state index is 6.12. The van der Waals surface area contributed by atoms with Gasteiger partial charge in [0, 0.05) is 13.1 Å². The minimum Gasteiger partial charge on any atom is -0.437 e. The van der Waals surface area contributed by atoms with E-state index in [0.717, 1.165) is 18.8 Å². The van der Waals surface area contributed by atoms with Crippen LogP contribution in [0.4, 0.5) is 5.82 Å². The average molecular weight is 292 g/mol. The molecule has 0 N–H and O–H groups in total. The van der Waals surface area contributed by atoms with E-state index >= 15 is 0 Å². The zero-order valence-corrected chi connectivity index (χ0v) is 11.6. The van der Waals surface area contributed by atoms with Crippen LogP contribution in [0.3, 0.4) is 0 Å². The fraction of sp³-hybridized carbons (Fsp3) is 0.286. The van der Waals surface area contributed by atoms with Crippen molar-refractivity contribution in [3.8, 4) is 11.6 Å². The second kappa shape index (κ2) is 6.07. The zero-order valence-electron chi connectivity index (χ0n) is 10.8. The maximum Gasteiger partial charge on any atom is 0.239 e. The molecule has 2 aromatic rings. The first-order valence-corrected chi connectivity index (χ1v) is 6.79. The molecule has 1 saturated heterocycles. The van der Waals surface area contributed by atoms with Crippen LogP contribution in [0.1, 0.15) is 0 Å². The van der Waals surface area contributed by atoms with Crippen LogP contribution >= 0.6 is 11.6 Å². The molecule has 2 heterocycles. The quantitative estimate of drug-likeness (QED) is 0.870. The van der Waals surface area contributed by atoms with Gasteiger partial charge in [-0.05, 0) is 12.1 Å². The molecular weight excluding hydrogens is 278 g/mol. The van der Waals surface area contributed by atoms with Crippen molar-refractivity contribution in [3.05, 3.63) is 41.7 Å². The monoisotopic (exact) mass is 291 g/mol. The van der Waals surface area contributed by atoms with Crippen molar-refractivity contribution in [2.45, 2.75) is 0 Å². The smallest absolute Gasteiger partial charge is 0.239 e. The highest BCUT2D eigenvalue weighted by Gasteiger charge is 2.17. The number of hydrogen-bond donors (Lipinski definition) is 0. The van der Waals surface area contributed by atoms with Gasteiger partial charge in [-0.25, -0.2) is 4.98 Å². The summed E-state index contributed by atoms with van der Waals surface area (Å²) in [6, 6.07) is 9.47. The Morgan fingerprint density at radius 1 is 1.15 bits per heavy atom. The lowest BCUT2D eigenvalue weighted by Crippen LogP contribution is -2.37. The van der Waals surface area contributed by atoms with Crippen molar-refractivity contribution in [3.63, 3.8) is 0 Å². The van der Waals surface area contributed by atoms with Crippen LogP contribution < -0.4 is 9.64 Å². The molecule has 1 aliphatic rings. The summed E-state index contributed by atoms with van der Waals surface area (Å²) in [7, 11) is 0. The normalized spacial score (nSPS) is 15.2. The molecule has 1 aliphatic heterocycles. The summed E-state index contributed by atoms with van der Waals surface area (Å²) in [5.41, 5.74) is 0. The van der Waals surface area contributed by atoms with Crippen molar-refractivity contribution in [1.82, 2.24) is 9.97 Å². The van der Waals surface area contributed by atoms with Gasteiger partial charge in [0.15, 0.2) is 11.0 Å². The second-order valence-electron chi connectivity index (χ2n) is 4.34. The predicted octanol–water partition coefficient (Wildman–Crippen LogP) is 2.76. The molecule has 104 valence electrons. The number of aromatic nitrogens is 2. The molecule has 1 aromatic carbocycles. The topological polar surface area (TPSA) is 47.5 Å². The van der Waals surface area contributed by atoms with E-state index in [2.05, 4.69) is 14.9 Å². The van der Waals surface area contributed by atoms with Crippen LogP contribution in [0.25, 0.3) is 0 Å². The summed E-state index contributed by atoms with van der Waals surface area (Å²) in [5.74, 6) is 1.79. The summed E-state index contributed by atoms with van der Waals surface area (Å²) in [6.07, 6.45) is 1.53. The summed E-state index contributed by atoms with van der Waals surface area (Å²) in [5, 5.41) is 0.382. The van der Waals surface area contributed by atoms with E-state index in [0.29, 0.717) is 30.1 Å². The molecule has 0 atom stereocenters. The highest BCUT2D eigenvalue weighted by atomic mass is 35.5. The Balaban J connectivity index is 1.82. The van der Waals surface area contributed by atoms with Crippen molar-refractivity contribution in [2.75, 3.05) is 31.2 Å². The number of ether oxygens (including phenoxy) is 2. The highest BCUT2D eigenvalue weighted by Crippen LogP contribution is 2.26. The molecule has 6 heteroatoms. The van der Waals surface area contributed by atoms with Crippen LogP contribution in [0, 0.1) is 0 Å². The van der Waals surface area contributed by atoms with Crippen molar-refractivity contribution in [2.24, 2.45) is 0 Å². The highest BCUT2D eigenvalue weighted by molar-refractivity contribution is 6.31. The second-order valence-corrected chi connectivity index (χ2v) is 4.70. The van der Waals surface area contributed by atoms with E-state index in [-0.39, 0.29) is 0 Å². The van der Waals surface area contributed by atoms with Gasteiger partial charge in [0.1, 0.15) is 5.75 Å².